The van der Waals surface area contributed by atoms with Gasteiger partial charge in [-0.1, -0.05) is 36.4 Å². The number of rotatable bonds is 3. The van der Waals surface area contributed by atoms with Crippen LogP contribution in [0.15, 0.2) is 53.4 Å². The maximum absolute atomic E-state index is 13.7. The molecule has 110 valence electrons. The molecule has 2 N–H and O–H groups in total. The summed E-state index contributed by atoms with van der Waals surface area (Å²) in [7, 11) is -4.04. The van der Waals surface area contributed by atoms with Crippen molar-refractivity contribution in [2.75, 3.05) is 0 Å². The highest BCUT2D eigenvalue weighted by Crippen LogP contribution is 2.32. The first kappa shape index (κ1) is 14.2. The number of hydrogen-bond acceptors (Lipinski definition) is 3. The second-order valence-corrected chi connectivity index (χ2v) is 6.68. The maximum atomic E-state index is 13.7. The molecule has 21 heavy (non-hydrogen) atoms. The molecule has 3 rings (SSSR count). The molecule has 0 radical (unpaired) electrons. The molecule has 6 heteroatoms. The van der Waals surface area contributed by atoms with E-state index < -0.39 is 32.9 Å². The third-order valence-corrected chi connectivity index (χ3v) is 5.09. The van der Waals surface area contributed by atoms with Crippen LogP contribution in [-0.4, -0.2) is 19.6 Å². The van der Waals surface area contributed by atoms with E-state index in [-0.39, 0.29) is 0 Å². The Morgan fingerprint density at radius 2 is 1.76 bits per heavy atom. The zero-order valence-electron chi connectivity index (χ0n) is 11.0. The first-order valence-corrected chi connectivity index (χ1v) is 8.00. The smallest absolute Gasteiger partial charge is 0.244 e. The van der Waals surface area contributed by atoms with Crippen molar-refractivity contribution in [1.82, 2.24) is 4.72 Å². The molecule has 0 saturated carbocycles. The molecular formula is C15H14FNO3S. The van der Waals surface area contributed by atoms with Gasteiger partial charge in [-0.2, -0.15) is 0 Å². The predicted molar refractivity (Wildman–Crippen MR) is 75.6 cm³/mol. The number of aliphatic hydroxyl groups is 1. The lowest BCUT2D eigenvalue weighted by Gasteiger charge is -2.18. The predicted octanol–water partition coefficient (Wildman–Crippen LogP) is 1.76. The summed E-state index contributed by atoms with van der Waals surface area (Å²) >= 11 is 0. The van der Waals surface area contributed by atoms with Crippen molar-refractivity contribution in [2.24, 2.45) is 0 Å². The van der Waals surface area contributed by atoms with Gasteiger partial charge in [0, 0.05) is 6.42 Å². The van der Waals surface area contributed by atoms with E-state index in [0.717, 1.165) is 17.2 Å². The molecule has 0 unspecified atom stereocenters. The van der Waals surface area contributed by atoms with E-state index in [1.54, 1.807) is 12.1 Å². The van der Waals surface area contributed by atoms with Crippen LogP contribution in [-0.2, 0) is 16.4 Å². The zero-order valence-corrected chi connectivity index (χ0v) is 11.8. The quantitative estimate of drug-likeness (QED) is 0.908. The van der Waals surface area contributed by atoms with Crippen LogP contribution >= 0.6 is 0 Å². The standard InChI is InChI=1S/C15H14FNO3S/c16-12-7-3-4-8-14(12)21(19,20)17-15-11-6-2-1-5-10(11)9-13(15)18/h1-8,13,15,17-18H,9H2/t13-,15+/m1/s1. The monoisotopic (exact) mass is 307 g/mol. The third kappa shape index (κ3) is 2.57. The van der Waals surface area contributed by atoms with Gasteiger partial charge in [-0.3, -0.25) is 0 Å². The highest BCUT2D eigenvalue weighted by molar-refractivity contribution is 7.89. The molecule has 2 aromatic carbocycles. The zero-order chi connectivity index (χ0) is 15.0. The molecule has 0 fully saturated rings. The molecule has 0 heterocycles. The van der Waals surface area contributed by atoms with Crippen LogP contribution in [0.2, 0.25) is 0 Å². The van der Waals surface area contributed by atoms with Gasteiger partial charge in [-0.25, -0.2) is 17.5 Å². The van der Waals surface area contributed by atoms with Crippen LogP contribution in [0.25, 0.3) is 0 Å². The summed E-state index contributed by atoms with van der Waals surface area (Å²) in [6.07, 6.45) is -0.482. The minimum atomic E-state index is -4.04. The average Bonchev–Trinajstić information content (AvgIpc) is 2.75. The number of benzene rings is 2. The highest BCUT2D eigenvalue weighted by Gasteiger charge is 2.34. The Kier molecular flexibility index (Phi) is 3.52. The van der Waals surface area contributed by atoms with Gasteiger partial charge in [-0.15, -0.1) is 0 Å². The van der Waals surface area contributed by atoms with E-state index in [0.29, 0.717) is 6.42 Å². The molecular weight excluding hydrogens is 293 g/mol. The number of sulfonamides is 1. The summed E-state index contributed by atoms with van der Waals surface area (Å²) in [5.74, 6) is -0.814. The summed E-state index contributed by atoms with van der Waals surface area (Å²) in [6.45, 7) is 0. The SMILES string of the molecule is O=S(=O)(N[C@H]1c2ccccc2C[C@H]1O)c1ccccc1F. The van der Waals surface area contributed by atoms with Gasteiger partial charge >= 0.3 is 0 Å². The molecule has 0 saturated heterocycles. The summed E-state index contributed by atoms with van der Waals surface area (Å²) in [4.78, 5) is -0.415. The summed E-state index contributed by atoms with van der Waals surface area (Å²) in [6, 6.07) is 11.6. The van der Waals surface area contributed by atoms with Crippen molar-refractivity contribution >= 4 is 10.0 Å². The Morgan fingerprint density at radius 3 is 2.52 bits per heavy atom. The summed E-state index contributed by atoms with van der Waals surface area (Å²) in [5.41, 5.74) is 1.62. The number of nitrogens with one attached hydrogen (secondary N) is 1. The first-order chi connectivity index (χ1) is 9.99. The van der Waals surface area contributed by atoms with Gasteiger partial charge in [0.25, 0.3) is 0 Å². The molecule has 1 aliphatic rings. The average molecular weight is 307 g/mol. The second kappa shape index (κ2) is 5.22. The van der Waals surface area contributed by atoms with Gasteiger partial charge in [0.2, 0.25) is 10.0 Å². The van der Waals surface area contributed by atoms with Gasteiger partial charge in [0.15, 0.2) is 0 Å². The van der Waals surface area contributed by atoms with Crippen LogP contribution in [0.5, 0.6) is 0 Å². The normalized spacial score (nSPS) is 21.2. The molecule has 1 aliphatic carbocycles. The van der Waals surface area contributed by atoms with Gasteiger partial charge < -0.3 is 5.11 Å². The van der Waals surface area contributed by atoms with Crippen LogP contribution in [0.4, 0.5) is 4.39 Å². The van der Waals surface area contributed by atoms with Crippen molar-refractivity contribution in [3.8, 4) is 0 Å². The maximum Gasteiger partial charge on any atom is 0.244 e. The van der Waals surface area contributed by atoms with Crippen molar-refractivity contribution in [2.45, 2.75) is 23.5 Å². The topological polar surface area (TPSA) is 66.4 Å². The Labute approximate surface area is 122 Å². The van der Waals surface area contributed by atoms with Gasteiger partial charge in [0.1, 0.15) is 10.7 Å². The second-order valence-electron chi connectivity index (χ2n) is 5.00. The third-order valence-electron chi connectivity index (χ3n) is 3.61. The molecule has 0 aromatic heterocycles. The number of fused-ring (bicyclic) bond motifs is 1. The lowest BCUT2D eigenvalue weighted by Crippen LogP contribution is -2.34. The molecule has 0 aliphatic heterocycles. The van der Waals surface area contributed by atoms with Crippen LogP contribution in [0.1, 0.15) is 17.2 Å². The van der Waals surface area contributed by atoms with Crippen LogP contribution in [0, 0.1) is 5.82 Å². The van der Waals surface area contributed by atoms with E-state index in [9.17, 15) is 17.9 Å². The number of hydrogen-bond donors (Lipinski definition) is 2. The minimum Gasteiger partial charge on any atom is -0.391 e. The molecule has 0 spiro atoms. The largest absolute Gasteiger partial charge is 0.391 e. The lowest BCUT2D eigenvalue weighted by molar-refractivity contribution is 0.151. The van der Waals surface area contributed by atoms with Gasteiger partial charge in [0.05, 0.1) is 12.1 Å². The van der Waals surface area contributed by atoms with E-state index in [1.165, 1.54) is 18.2 Å². The van der Waals surface area contributed by atoms with Crippen LogP contribution < -0.4 is 4.72 Å². The molecule has 2 atom stereocenters. The lowest BCUT2D eigenvalue weighted by atomic mass is 10.1. The molecule has 2 aromatic rings. The molecule has 0 bridgehead atoms. The van der Waals surface area contributed by atoms with Crippen molar-refractivity contribution in [1.29, 1.82) is 0 Å². The fraction of sp³-hybridized carbons (Fsp3) is 0.200. The Bertz CT molecular complexity index is 776. The van der Waals surface area contributed by atoms with Crippen molar-refractivity contribution in [3.05, 3.63) is 65.5 Å². The number of aliphatic hydroxyl groups excluding tert-OH is 1. The first-order valence-electron chi connectivity index (χ1n) is 6.52. The Balaban J connectivity index is 1.95. The summed E-state index contributed by atoms with van der Waals surface area (Å²) in [5, 5.41) is 10.1. The summed E-state index contributed by atoms with van der Waals surface area (Å²) < 4.78 is 40.7. The van der Waals surface area contributed by atoms with Gasteiger partial charge in [-0.05, 0) is 23.3 Å². The minimum absolute atomic E-state index is 0.376. The van der Waals surface area contributed by atoms with Crippen molar-refractivity contribution in [3.63, 3.8) is 0 Å². The van der Waals surface area contributed by atoms with Crippen molar-refractivity contribution < 1.29 is 17.9 Å². The molecule has 4 nitrogen and oxygen atoms in total. The highest BCUT2D eigenvalue weighted by atomic mass is 32.2. The Morgan fingerprint density at radius 1 is 1.10 bits per heavy atom. The Hall–Kier alpha value is -1.76. The van der Waals surface area contributed by atoms with E-state index in [1.807, 2.05) is 12.1 Å². The molecule has 0 amide bonds. The van der Waals surface area contributed by atoms with E-state index in [4.69, 9.17) is 0 Å². The fourth-order valence-corrected chi connectivity index (χ4v) is 3.94. The fourth-order valence-electron chi connectivity index (χ4n) is 2.61. The number of halogens is 1. The van der Waals surface area contributed by atoms with E-state index >= 15 is 0 Å². The van der Waals surface area contributed by atoms with E-state index in [2.05, 4.69) is 4.72 Å². The van der Waals surface area contributed by atoms with Crippen LogP contribution in [0.3, 0.4) is 0 Å².